The van der Waals surface area contributed by atoms with E-state index in [1.54, 1.807) is 0 Å². The Morgan fingerprint density at radius 1 is 0.341 bits per heavy atom. The second-order valence-electron chi connectivity index (χ2n) is 11.8. The second kappa shape index (κ2) is 23.2. The zero-order chi connectivity index (χ0) is 31.2. The van der Waals surface area contributed by atoms with Crippen LogP contribution >= 0.6 is 63.7 Å². The SMILES string of the molecule is BrCCC[C@@H](Cc1ccccc1)[C@@H](CBr)Cc1ccccc1.BrCCC[C@H](Cc1ccccc1)[C@H](CBr)Cc1ccccc1. The highest BCUT2D eigenvalue weighted by molar-refractivity contribution is 9.09. The highest BCUT2D eigenvalue weighted by atomic mass is 79.9. The fraction of sp³-hybridized carbons (Fsp3) is 0.400. The smallest absolute Gasteiger partial charge is 0.00656 e. The van der Waals surface area contributed by atoms with Crippen molar-refractivity contribution in [3.05, 3.63) is 144 Å². The third kappa shape index (κ3) is 14.5. The molecule has 0 radical (unpaired) electrons. The van der Waals surface area contributed by atoms with Crippen LogP contribution in [0.15, 0.2) is 121 Å². The molecule has 4 aromatic rings. The molecule has 4 aromatic carbocycles. The first-order valence-corrected chi connectivity index (χ1v) is 20.5. The normalized spacial score (nSPS) is 13.7. The van der Waals surface area contributed by atoms with Crippen molar-refractivity contribution in [2.75, 3.05) is 21.3 Å². The van der Waals surface area contributed by atoms with Crippen molar-refractivity contribution in [1.29, 1.82) is 0 Å². The van der Waals surface area contributed by atoms with E-state index in [-0.39, 0.29) is 0 Å². The minimum atomic E-state index is 0.682. The van der Waals surface area contributed by atoms with Crippen molar-refractivity contribution < 1.29 is 0 Å². The Hall–Kier alpha value is -1.20. The Kier molecular flexibility index (Phi) is 19.6. The molecule has 0 heterocycles. The van der Waals surface area contributed by atoms with Crippen LogP contribution in [0.2, 0.25) is 0 Å². The van der Waals surface area contributed by atoms with Gasteiger partial charge in [0.1, 0.15) is 0 Å². The topological polar surface area (TPSA) is 0 Å². The molecule has 0 aliphatic carbocycles. The summed E-state index contributed by atoms with van der Waals surface area (Å²) in [5, 5.41) is 4.33. The number of hydrogen-bond acceptors (Lipinski definition) is 0. The lowest BCUT2D eigenvalue weighted by atomic mass is 9.81. The first-order valence-electron chi connectivity index (χ1n) is 16.1. The van der Waals surface area contributed by atoms with E-state index in [0.717, 1.165) is 46.0 Å². The molecule has 0 unspecified atom stereocenters. The van der Waals surface area contributed by atoms with Gasteiger partial charge in [0.05, 0.1) is 0 Å². The number of alkyl halides is 4. The van der Waals surface area contributed by atoms with Crippen LogP contribution in [0.4, 0.5) is 0 Å². The van der Waals surface area contributed by atoms with E-state index in [1.165, 1.54) is 60.8 Å². The molecule has 0 spiro atoms. The molecule has 0 aromatic heterocycles. The van der Waals surface area contributed by atoms with Crippen molar-refractivity contribution >= 4 is 63.7 Å². The highest BCUT2D eigenvalue weighted by Gasteiger charge is 2.22. The van der Waals surface area contributed by atoms with Crippen molar-refractivity contribution in [1.82, 2.24) is 0 Å². The molecule has 4 atom stereocenters. The first-order chi connectivity index (χ1) is 21.7. The zero-order valence-corrected chi connectivity index (χ0v) is 32.2. The Balaban J connectivity index is 0.000000240. The summed E-state index contributed by atoms with van der Waals surface area (Å²) in [4.78, 5) is 0. The van der Waals surface area contributed by atoms with Gasteiger partial charge in [-0.2, -0.15) is 0 Å². The van der Waals surface area contributed by atoms with Crippen LogP contribution in [0.25, 0.3) is 0 Å². The van der Waals surface area contributed by atoms with Crippen LogP contribution in [0.1, 0.15) is 47.9 Å². The molecular formula is C40H48Br4. The summed E-state index contributed by atoms with van der Waals surface area (Å²) in [5.41, 5.74) is 5.81. The van der Waals surface area contributed by atoms with Crippen LogP contribution in [0.3, 0.4) is 0 Å². The molecule has 236 valence electrons. The molecule has 0 saturated carbocycles. The molecule has 4 rings (SSSR count). The molecule has 0 fully saturated rings. The van der Waals surface area contributed by atoms with Gasteiger partial charge >= 0.3 is 0 Å². The van der Waals surface area contributed by atoms with Crippen molar-refractivity contribution in [3.8, 4) is 0 Å². The second-order valence-corrected chi connectivity index (χ2v) is 14.7. The average Bonchev–Trinajstić information content (AvgIpc) is 3.08. The minimum Gasteiger partial charge on any atom is -0.0928 e. The van der Waals surface area contributed by atoms with Gasteiger partial charge in [-0.15, -0.1) is 0 Å². The molecule has 44 heavy (non-hydrogen) atoms. The van der Waals surface area contributed by atoms with E-state index in [2.05, 4.69) is 185 Å². The average molecular weight is 848 g/mol. The lowest BCUT2D eigenvalue weighted by Crippen LogP contribution is -2.21. The number of hydrogen-bond donors (Lipinski definition) is 0. The van der Waals surface area contributed by atoms with E-state index in [9.17, 15) is 0 Å². The molecule has 0 nitrogen and oxygen atoms in total. The van der Waals surface area contributed by atoms with Gasteiger partial charge in [0.25, 0.3) is 0 Å². The van der Waals surface area contributed by atoms with Gasteiger partial charge in [0.15, 0.2) is 0 Å². The van der Waals surface area contributed by atoms with Gasteiger partial charge in [-0.1, -0.05) is 185 Å². The fourth-order valence-electron chi connectivity index (χ4n) is 6.05. The van der Waals surface area contributed by atoms with Gasteiger partial charge in [0, 0.05) is 21.3 Å². The molecule has 0 amide bonds. The van der Waals surface area contributed by atoms with Crippen molar-refractivity contribution in [2.45, 2.75) is 51.4 Å². The number of rotatable bonds is 18. The molecule has 0 aliphatic rings. The Bertz CT molecular complexity index is 1120. The Morgan fingerprint density at radius 3 is 0.818 bits per heavy atom. The van der Waals surface area contributed by atoms with Gasteiger partial charge in [-0.05, 0) is 97.3 Å². The maximum atomic E-state index is 3.77. The minimum absolute atomic E-state index is 0.682. The summed E-state index contributed by atoms with van der Waals surface area (Å²) < 4.78 is 0. The predicted octanol–water partition coefficient (Wildman–Crippen LogP) is 12.5. The van der Waals surface area contributed by atoms with Crippen LogP contribution < -0.4 is 0 Å². The first kappa shape index (κ1) is 37.3. The van der Waals surface area contributed by atoms with E-state index >= 15 is 0 Å². The van der Waals surface area contributed by atoms with Crippen LogP contribution in [-0.4, -0.2) is 21.3 Å². The maximum Gasteiger partial charge on any atom is 0.00656 e. The zero-order valence-electron chi connectivity index (χ0n) is 25.9. The van der Waals surface area contributed by atoms with Crippen molar-refractivity contribution in [2.24, 2.45) is 23.7 Å². The highest BCUT2D eigenvalue weighted by Crippen LogP contribution is 2.29. The van der Waals surface area contributed by atoms with Gasteiger partial charge in [0.2, 0.25) is 0 Å². The van der Waals surface area contributed by atoms with Crippen LogP contribution in [-0.2, 0) is 25.7 Å². The summed E-state index contributed by atoms with van der Waals surface area (Å²) in [6.45, 7) is 0. The number of benzene rings is 4. The van der Waals surface area contributed by atoms with E-state index in [1.807, 2.05) is 0 Å². The molecule has 0 bridgehead atoms. The summed E-state index contributed by atoms with van der Waals surface area (Å²) >= 11 is 14.7. The third-order valence-corrected chi connectivity index (χ3v) is 11.3. The van der Waals surface area contributed by atoms with Gasteiger partial charge < -0.3 is 0 Å². The number of halogens is 4. The van der Waals surface area contributed by atoms with Crippen LogP contribution in [0.5, 0.6) is 0 Å². The summed E-state index contributed by atoms with van der Waals surface area (Å²) in [6.07, 6.45) is 9.73. The Labute approximate surface area is 301 Å². The van der Waals surface area contributed by atoms with Gasteiger partial charge in [-0.3, -0.25) is 0 Å². The largest absolute Gasteiger partial charge is 0.0928 e. The van der Waals surface area contributed by atoms with Crippen molar-refractivity contribution in [3.63, 3.8) is 0 Å². The maximum absolute atomic E-state index is 3.77. The summed E-state index contributed by atoms with van der Waals surface area (Å²) in [6, 6.07) is 43.6. The standard InChI is InChI=1S/2C20H24Br2/c2*21-13-7-12-19(14-17-8-3-1-4-9-17)20(16-22)15-18-10-5-2-6-11-18/h2*1-6,8-11,19-20H,7,12-16H2/t2*19-,20+/m10/s1. The van der Waals surface area contributed by atoms with Crippen LogP contribution in [0, 0.1) is 23.7 Å². The fourth-order valence-corrected chi connectivity index (χ4v) is 8.21. The molecule has 4 heteroatoms. The van der Waals surface area contributed by atoms with Gasteiger partial charge in [-0.25, -0.2) is 0 Å². The summed E-state index contributed by atoms with van der Waals surface area (Å²) in [5.74, 6) is 2.81. The lowest BCUT2D eigenvalue weighted by molar-refractivity contribution is 0.336. The summed E-state index contributed by atoms with van der Waals surface area (Å²) in [7, 11) is 0. The molecule has 0 aliphatic heterocycles. The van der Waals surface area contributed by atoms with E-state index < -0.39 is 0 Å². The Morgan fingerprint density at radius 2 is 0.591 bits per heavy atom. The monoisotopic (exact) mass is 844 g/mol. The molecule has 0 saturated heterocycles. The molecule has 0 N–H and O–H groups in total. The quantitative estimate of drug-likeness (QED) is 0.0875. The van der Waals surface area contributed by atoms with E-state index in [0.29, 0.717) is 11.8 Å². The molecular weight excluding hydrogens is 800 g/mol. The predicted molar refractivity (Wildman–Crippen MR) is 208 cm³/mol. The van der Waals surface area contributed by atoms with E-state index in [4.69, 9.17) is 0 Å². The third-order valence-electron chi connectivity index (χ3n) is 8.51. The lowest BCUT2D eigenvalue weighted by Gasteiger charge is -2.26.